The van der Waals surface area contributed by atoms with Gasteiger partial charge in [-0.25, -0.2) is 0 Å². The van der Waals surface area contributed by atoms with Crippen LogP contribution in [0.15, 0.2) is 60.2 Å². The molecular weight excluding hydrogens is 462 g/mol. The number of aliphatic hydroxyl groups is 1. The van der Waals surface area contributed by atoms with E-state index in [-0.39, 0.29) is 22.8 Å². The van der Waals surface area contributed by atoms with Gasteiger partial charge in [-0.1, -0.05) is 24.3 Å². The summed E-state index contributed by atoms with van der Waals surface area (Å²) >= 11 is 0. The predicted molar refractivity (Wildman–Crippen MR) is 135 cm³/mol. The van der Waals surface area contributed by atoms with Crippen LogP contribution in [0.2, 0.25) is 0 Å². The molecule has 0 radical (unpaired) electrons. The number of rotatable bonds is 6. The molecule has 186 valence electrons. The molecule has 3 aromatic rings. The summed E-state index contributed by atoms with van der Waals surface area (Å²) in [5.74, 6) is -1.34. The molecule has 36 heavy (non-hydrogen) atoms. The Morgan fingerprint density at radius 3 is 2.06 bits per heavy atom. The molecule has 1 heterocycles. The van der Waals surface area contributed by atoms with Gasteiger partial charge < -0.3 is 24.4 Å². The number of anilines is 1. The van der Waals surface area contributed by atoms with Gasteiger partial charge in [0.25, 0.3) is 11.7 Å². The van der Waals surface area contributed by atoms with Crippen LogP contribution in [-0.2, 0) is 9.59 Å². The fourth-order valence-electron chi connectivity index (χ4n) is 4.37. The third-order valence-corrected chi connectivity index (χ3v) is 6.37. The van der Waals surface area contributed by atoms with Crippen molar-refractivity contribution in [1.29, 1.82) is 0 Å². The number of aromatic hydroxyl groups is 1. The molecule has 0 bridgehead atoms. The Balaban J connectivity index is 2.04. The van der Waals surface area contributed by atoms with Gasteiger partial charge in [-0.2, -0.15) is 0 Å². The number of hydrogen-bond donors (Lipinski definition) is 2. The fraction of sp³-hybridized carbons (Fsp3) is 0.214. The molecule has 8 nitrogen and oxygen atoms in total. The Labute approximate surface area is 209 Å². The van der Waals surface area contributed by atoms with E-state index in [0.717, 1.165) is 11.1 Å². The third-order valence-electron chi connectivity index (χ3n) is 6.37. The van der Waals surface area contributed by atoms with E-state index in [9.17, 15) is 19.8 Å². The van der Waals surface area contributed by atoms with Crippen LogP contribution < -0.4 is 19.1 Å². The highest BCUT2D eigenvalue weighted by Crippen LogP contribution is 2.48. The number of Topliss-reactive ketones (excluding diaryl/α,β-unsaturated/α-hetero) is 1. The van der Waals surface area contributed by atoms with Crippen LogP contribution in [0.25, 0.3) is 5.76 Å². The SMILES string of the molecule is COc1cc(C2/C(=C(\O)c3ccc(C)c(C)c3)C(=O)C(=O)N2c2ccccc2O)cc(OC)c1OC. The van der Waals surface area contributed by atoms with Crippen LogP contribution >= 0.6 is 0 Å². The smallest absolute Gasteiger partial charge is 0.300 e. The number of methoxy groups -OCH3 is 3. The number of ketones is 1. The Hall–Kier alpha value is -4.46. The summed E-state index contributed by atoms with van der Waals surface area (Å²) in [4.78, 5) is 28.0. The van der Waals surface area contributed by atoms with Crippen molar-refractivity contribution in [3.05, 3.63) is 82.4 Å². The van der Waals surface area contributed by atoms with Crippen molar-refractivity contribution < 1.29 is 34.0 Å². The van der Waals surface area contributed by atoms with E-state index >= 15 is 0 Å². The zero-order chi connectivity index (χ0) is 26.1. The first kappa shape index (κ1) is 24.7. The number of phenols is 1. The minimum Gasteiger partial charge on any atom is -0.507 e. The molecule has 1 unspecified atom stereocenters. The molecule has 8 heteroatoms. The van der Waals surface area contributed by atoms with Gasteiger partial charge in [0.1, 0.15) is 11.5 Å². The highest BCUT2D eigenvalue weighted by Gasteiger charge is 2.48. The first-order chi connectivity index (χ1) is 17.2. The Bertz CT molecular complexity index is 1370. The minimum absolute atomic E-state index is 0.123. The normalized spacial score (nSPS) is 16.8. The molecule has 3 aromatic carbocycles. The van der Waals surface area contributed by atoms with Gasteiger partial charge in [0.15, 0.2) is 11.5 Å². The highest BCUT2D eigenvalue weighted by molar-refractivity contribution is 6.52. The van der Waals surface area contributed by atoms with Crippen molar-refractivity contribution in [1.82, 2.24) is 0 Å². The number of para-hydroxylation sites is 2. The monoisotopic (exact) mass is 489 g/mol. The van der Waals surface area contributed by atoms with Crippen molar-refractivity contribution in [3.8, 4) is 23.0 Å². The van der Waals surface area contributed by atoms with Gasteiger partial charge in [-0.05, 0) is 60.9 Å². The summed E-state index contributed by atoms with van der Waals surface area (Å²) in [7, 11) is 4.38. The van der Waals surface area contributed by atoms with Crippen molar-refractivity contribution in [2.75, 3.05) is 26.2 Å². The number of ether oxygens (including phenoxy) is 3. The van der Waals surface area contributed by atoms with E-state index in [1.54, 1.807) is 36.4 Å². The molecule has 0 aromatic heterocycles. The average molecular weight is 490 g/mol. The predicted octanol–water partition coefficient (Wildman–Crippen LogP) is 4.66. The molecule has 0 spiro atoms. The van der Waals surface area contributed by atoms with Crippen LogP contribution in [0.5, 0.6) is 23.0 Å². The molecule has 1 atom stereocenters. The second-order valence-electron chi connectivity index (χ2n) is 8.42. The average Bonchev–Trinajstić information content (AvgIpc) is 3.14. The lowest BCUT2D eigenvalue weighted by atomic mass is 9.93. The van der Waals surface area contributed by atoms with Crippen LogP contribution in [0, 0.1) is 13.8 Å². The number of amides is 1. The Kier molecular flexibility index (Phi) is 6.61. The third kappa shape index (κ3) is 4.00. The molecule has 1 fully saturated rings. The number of aryl methyl sites for hydroxylation is 2. The number of benzene rings is 3. The fourth-order valence-corrected chi connectivity index (χ4v) is 4.37. The summed E-state index contributed by atoms with van der Waals surface area (Å²) in [6.07, 6.45) is 0. The zero-order valence-electron chi connectivity index (χ0n) is 20.7. The van der Waals surface area contributed by atoms with Crippen LogP contribution in [0.4, 0.5) is 5.69 Å². The van der Waals surface area contributed by atoms with Crippen molar-refractivity contribution in [2.45, 2.75) is 19.9 Å². The van der Waals surface area contributed by atoms with E-state index in [2.05, 4.69) is 0 Å². The van der Waals surface area contributed by atoms with Crippen molar-refractivity contribution in [3.63, 3.8) is 0 Å². The highest BCUT2D eigenvalue weighted by atomic mass is 16.5. The number of carbonyl (C=O) groups excluding carboxylic acids is 2. The topological polar surface area (TPSA) is 106 Å². The second-order valence-corrected chi connectivity index (χ2v) is 8.42. The number of nitrogens with zero attached hydrogens (tertiary/aromatic N) is 1. The maximum absolute atomic E-state index is 13.4. The Morgan fingerprint density at radius 1 is 0.861 bits per heavy atom. The largest absolute Gasteiger partial charge is 0.507 e. The molecule has 2 N–H and O–H groups in total. The molecule has 1 amide bonds. The molecule has 4 rings (SSSR count). The molecule has 1 aliphatic rings. The van der Waals surface area contributed by atoms with Gasteiger partial charge >= 0.3 is 0 Å². The molecule has 1 saturated heterocycles. The Morgan fingerprint density at radius 2 is 1.50 bits per heavy atom. The zero-order valence-corrected chi connectivity index (χ0v) is 20.7. The standard InChI is InChI=1S/C28H27NO7/c1-15-10-11-17(12-16(15)2)25(31)23-24(18-13-21(34-3)27(36-5)22(14-18)35-4)29(28(33)26(23)32)19-8-6-7-9-20(19)30/h6-14,24,30-31H,1-5H3/b25-23+. The number of aliphatic hydroxyl groups excluding tert-OH is 1. The summed E-state index contributed by atoms with van der Waals surface area (Å²) in [5.41, 5.74) is 2.74. The molecule has 1 aliphatic heterocycles. The quantitative estimate of drug-likeness (QED) is 0.295. The second kappa shape index (κ2) is 9.65. The summed E-state index contributed by atoms with van der Waals surface area (Å²) < 4.78 is 16.4. The molecule has 0 saturated carbocycles. The summed E-state index contributed by atoms with van der Waals surface area (Å²) in [5, 5.41) is 22.0. The van der Waals surface area contributed by atoms with Gasteiger partial charge in [-0.3, -0.25) is 14.5 Å². The maximum atomic E-state index is 13.4. The number of carbonyl (C=O) groups is 2. The summed E-state index contributed by atoms with van der Waals surface area (Å²) in [6, 6.07) is 13.6. The molecule has 0 aliphatic carbocycles. The number of hydrogen-bond acceptors (Lipinski definition) is 7. The van der Waals surface area contributed by atoms with Gasteiger partial charge in [0.2, 0.25) is 5.75 Å². The first-order valence-electron chi connectivity index (χ1n) is 11.2. The summed E-state index contributed by atoms with van der Waals surface area (Å²) in [6.45, 7) is 3.83. The lowest BCUT2D eigenvalue weighted by Crippen LogP contribution is -2.29. The van der Waals surface area contributed by atoms with E-state index in [1.165, 1.54) is 38.4 Å². The van der Waals surface area contributed by atoms with E-state index < -0.39 is 17.7 Å². The van der Waals surface area contributed by atoms with Gasteiger partial charge in [-0.15, -0.1) is 0 Å². The van der Waals surface area contributed by atoms with Gasteiger partial charge in [0.05, 0.1) is 38.6 Å². The van der Waals surface area contributed by atoms with Crippen LogP contribution in [-0.4, -0.2) is 43.2 Å². The van der Waals surface area contributed by atoms with Gasteiger partial charge in [0, 0.05) is 5.56 Å². The molecular formula is C28H27NO7. The van der Waals surface area contributed by atoms with E-state index in [0.29, 0.717) is 28.4 Å². The van der Waals surface area contributed by atoms with E-state index in [4.69, 9.17) is 14.2 Å². The van der Waals surface area contributed by atoms with Crippen molar-refractivity contribution in [2.24, 2.45) is 0 Å². The van der Waals surface area contributed by atoms with Crippen molar-refractivity contribution >= 4 is 23.1 Å². The minimum atomic E-state index is -1.09. The lowest BCUT2D eigenvalue weighted by molar-refractivity contribution is -0.132. The van der Waals surface area contributed by atoms with E-state index in [1.807, 2.05) is 19.9 Å². The maximum Gasteiger partial charge on any atom is 0.300 e. The first-order valence-corrected chi connectivity index (χ1v) is 11.2. The lowest BCUT2D eigenvalue weighted by Gasteiger charge is -2.27. The van der Waals surface area contributed by atoms with Crippen LogP contribution in [0.1, 0.15) is 28.3 Å². The number of phenolic OH excluding ortho intramolecular Hbond substituents is 1. The van der Waals surface area contributed by atoms with Crippen LogP contribution in [0.3, 0.4) is 0 Å².